The van der Waals surface area contributed by atoms with Crippen LogP contribution in [-0.2, 0) is 6.61 Å². The molecule has 0 bridgehead atoms. The molecular formula is C26H29N5O3S. The molecular weight excluding hydrogens is 462 g/mol. The number of primary amides is 1. The summed E-state index contributed by atoms with van der Waals surface area (Å²) in [6, 6.07) is 14.3. The van der Waals surface area contributed by atoms with Gasteiger partial charge in [-0.05, 0) is 56.8 Å². The fourth-order valence-corrected chi connectivity index (χ4v) is 4.63. The fourth-order valence-electron chi connectivity index (χ4n) is 3.81. The molecule has 2 aromatic carbocycles. The van der Waals surface area contributed by atoms with Crippen LogP contribution in [0.3, 0.4) is 0 Å². The minimum atomic E-state index is -0.467. The second kappa shape index (κ2) is 10.5. The van der Waals surface area contributed by atoms with Gasteiger partial charge in [0.15, 0.2) is 0 Å². The molecule has 4 rings (SSSR count). The first-order chi connectivity index (χ1) is 16.7. The summed E-state index contributed by atoms with van der Waals surface area (Å²) in [5.41, 5.74) is 7.27. The summed E-state index contributed by atoms with van der Waals surface area (Å²) in [7, 11) is 2.13. The van der Waals surface area contributed by atoms with Crippen molar-refractivity contribution in [3.05, 3.63) is 71.4 Å². The number of hydrogen-bond acceptors (Lipinski definition) is 8. The molecule has 0 atom stereocenters. The number of likely N-dealkylation sites (N-methyl/N-ethyl adjacent to an activating group) is 1. The van der Waals surface area contributed by atoms with Crippen LogP contribution in [0.1, 0.15) is 40.1 Å². The largest absolute Gasteiger partial charge is 0.472 e. The van der Waals surface area contributed by atoms with Crippen LogP contribution < -0.4 is 15.4 Å². The average molecular weight is 492 g/mol. The zero-order valence-corrected chi connectivity index (χ0v) is 20.9. The van der Waals surface area contributed by atoms with Crippen LogP contribution in [0.4, 0.5) is 5.95 Å². The van der Waals surface area contributed by atoms with E-state index in [0.717, 1.165) is 41.3 Å². The molecule has 2 N–H and O–H groups in total. The number of hydrogen-bond donors (Lipinski definition) is 1. The lowest BCUT2D eigenvalue weighted by Crippen LogP contribution is -2.58. The molecule has 1 aliphatic rings. The molecule has 0 aliphatic carbocycles. The van der Waals surface area contributed by atoms with Gasteiger partial charge in [0.05, 0.1) is 11.1 Å². The maximum Gasteiger partial charge on any atom is 0.248 e. The van der Waals surface area contributed by atoms with Crippen molar-refractivity contribution >= 4 is 29.9 Å². The summed E-state index contributed by atoms with van der Waals surface area (Å²) in [6.45, 7) is 7.20. The summed E-state index contributed by atoms with van der Waals surface area (Å²) in [4.78, 5) is 38.2. The topological polar surface area (TPSA) is 102 Å². The Labute approximate surface area is 209 Å². The number of nitrogens with zero attached hydrogens (tertiary/aromatic N) is 4. The summed E-state index contributed by atoms with van der Waals surface area (Å²) in [5.74, 6) is 0.620. The number of anilines is 1. The summed E-state index contributed by atoms with van der Waals surface area (Å²) in [6.07, 6.45) is 2.59. The number of aldehydes is 1. The highest BCUT2D eigenvalue weighted by Crippen LogP contribution is 2.35. The first-order valence-electron chi connectivity index (χ1n) is 11.3. The standard InChI is InChI=1S/C26H29N5O3S/c1-26(2)17-31(12-11-30(26)3)25-28-14-22(35-21-9-7-20(8-10-21)23(27)33)24(29-25)34-16-19-6-4-5-18(13-19)15-32/h4-10,13-15H,11-12,16-17H2,1-3H3,(H2,27,33). The molecule has 1 saturated heterocycles. The highest BCUT2D eigenvalue weighted by molar-refractivity contribution is 7.99. The van der Waals surface area contributed by atoms with E-state index in [9.17, 15) is 9.59 Å². The monoisotopic (exact) mass is 491 g/mol. The third kappa shape index (κ3) is 5.98. The van der Waals surface area contributed by atoms with Gasteiger partial charge in [-0.25, -0.2) is 4.98 Å². The van der Waals surface area contributed by atoms with Crippen molar-refractivity contribution < 1.29 is 14.3 Å². The molecule has 8 nitrogen and oxygen atoms in total. The molecule has 182 valence electrons. The number of carbonyl (C=O) groups is 2. The van der Waals surface area contributed by atoms with Crippen LogP contribution in [-0.4, -0.2) is 59.3 Å². The van der Waals surface area contributed by atoms with Crippen LogP contribution >= 0.6 is 11.8 Å². The summed E-state index contributed by atoms with van der Waals surface area (Å²) >= 11 is 1.45. The van der Waals surface area contributed by atoms with Crippen molar-refractivity contribution in [3.63, 3.8) is 0 Å². The van der Waals surface area contributed by atoms with Gasteiger partial charge in [-0.2, -0.15) is 4.98 Å². The molecule has 0 spiro atoms. The molecule has 0 radical (unpaired) electrons. The predicted octanol–water partition coefficient (Wildman–Crippen LogP) is 3.65. The lowest BCUT2D eigenvalue weighted by atomic mass is 10.0. The number of benzene rings is 2. The fraction of sp³-hybridized carbons (Fsp3) is 0.308. The van der Waals surface area contributed by atoms with Crippen LogP contribution in [0.5, 0.6) is 5.88 Å². The van der Waals surface area contributed by atoms with Crippen LogP contribution in [0, 0.1) is 0 Å². The number of ether oxygens (including phenoxy) is 1. The third-order valence-electron chi connectivity index (χ3n) is 6.14. The van der Waals surface area contributed by atoms with Gasteiger partial charge in [-0.15, -0.1) is 0 Å². The third-order valence-corrected chi connectivity index (χ3v) is 7.15. The Balaban J connectivity index is 1.61. The van der Waals surface area contributed by atoms with Gasteiger partial charge in [-0.3, -0.25) is 14.5 Å². The predicted molar refractivity (Wildman–Crippen MR) is 136 cm³/mol. The Morgan fingerprint density at radius 3 is 2.66 bits per heavy atom. The van der Waals surface area contributed by atoms with Crippen molar-refractivity contribution in [2.75, 3.05) is 31.6 Å². The van der Waals surface area contributed by atoms with E-state index in [2.05, 4.69) is 35.7 Å². The van der Waals surface area contributed by atoms with Crippen molar-refractivity contribution in [2.45, 2.75) is 35.8 Å². The summed E-state index contributed by atoms with van der Waals surface area (Å²) in [5, 5.41) is 0. The first kappa shape index (κ1) is 24.7. The van der Waals surface area contributed by atoms with Gasteiger partial charge >= 0.3 is 0 Å². The summed E-state index contributed by atoms with van der Waals surface area (Å²) < 4.78 is 6.16. The molecule has 3 aromatic rings. The highest BCUT2D eigenvalue weighted by Gasteiger charge is 2.32. The van der Waals surface area contributed by atoms with Gasteiger partial charge in [0.2, 0.25) is 17.7 Å². The number of nitrogens with two attached hydrogens (primary N) is 1. The molecule has 1 aliphatic heterocycles. The minimum absolute atomic E-state index is 0.00645. The van der Waals surface area contributed by atoms with E-state index >= 15 is 0 Å². The van der Waals surface area contributed by atoms with Gasteiger partial charge in [-0.1, -0.05) is 30.0 Å². The number of carbonyl (C=O) groups excluding carboxylic acids is 2. The van der Waals surface area contributed by atoms with E-state index in [4.69, 9.17) is 15.5 Å². The lowest BCUT2D eigenvalue weighted by molar-refractivity contribution is 0.0999. The molecule has 1 aromatic heterocycles. The van der Waals surface area contributed by atoms with Crippen LogP contribution in [0.2, 0.25) is 0 Å². The van der Waals surface area contributed by atoms with Gasteiger partial charge in [0, 0.05) is 41.2 Å². The smallest absolute Gasteiger partial charge is 0.248 e. The molecule has 1 fully saturated rings. The average Bonchev–Trinajstić information content (AvgIpc) is 2.85. The van der Waals surface area contributed by atoms with E-state index in [1.165, 1.54) is 11.8 Å². The number of rotatable bonds is 8. The zero-order valence-electron chi connectivity index (χ0n) is 20.1. The molecule has 0 unspecified atom stereocenters. The Kier molecular flexibility index (Phi) is 7.37. The molecule has 35 heavy (non-hydrogen) atoms. The Morgan fingerprint density at radius 2 is 1.97 bits per heavy atom. The SMILES string of the molecule is CN1CCN(c2ncc(Sc3ccc(C(N)=O)cc3)c(OCc3cccc(C=O)c3)n2)CC1(C)C. The molecule has 2 heterocycles. The second-order valence-electron chi connectivity index (χ2n) is 9.14. The quantitative estimate of drug-likeness (QED) is 0.477. The number of aromatic nitrogens is 2. The molecule has 1 amide bonds. The lowest BCUT2D eigenvalue weighted by Gasteiger charge is -2.45. The maximum atomic E-state index is 11.4. The van der Waals surface area contributed by atoms with E-state index in [1.54, 1.807) is 30.5 Å². The van der Waals surface area contributed by atoms with Gasteiger partial charge in [0.25, 0.3) is 0 Å². The van der Waals surface area contributed by atoms with Gasteiger partial charge < -0.3 is 15.4 Å². The van der Waals surface area contributed by atoms with Crippen molar-refractivity contribution in [2.24, 2.45) is 5.73 Å². The zero-order chi connectivity index (χ0) is 25.0. The normalized spacial score (nSPS) is 15.6. The van der Waals surface area contributed by atoms with E-state index in [0.29, 0.717) is 23.0 Å². The maximum absolute atomic E-state index is 11.4. The minimum Gasteiger partial charge on any atom is -0.472 e. The van der Waals surface area contributed by atoms with E-state index in [-0.39, 0.29) is 12.1 Å². The van der Waals surface area contributed by atoms with Crippen molar-refractivity contribution in [3.8, 4) is 5.88 Å². The van der Waals surface area contributed by atoms with Crippen LogP contribution in [0.15, 0.2) is 64.5 Å². The number of amides is 1. The van der Waals surface area contributed by atoms with Crippen molar-refractivity contribution in [1.29, 1.82) is 0 Å². The van der Waals surface area contributed by atoms with E-state index < -0.39 is 5.91 Å². The van der Waals surface area contributed by atoms with Gasteiger partial charge in [0.1, 0.15) is 12.9 Å². The van der Waals surface area contributed by atoms with Crippen molar-refractivity contribution in [1.82, 2.24) is 14.9 Å². The van der Waals surface area contributed by atoms with Crippen LogP contribution in [0.25, 0.3) is 0 Å². The Morgan fingerprint density at radius 1 is 1.20 bits per heavy atom. The Hall–Kier alpha value is -3.43. The first-order valence-corrected chi connectivity index (χ1v) is 12.1. The number of piperazine rings is 1. The molecule has 0 saturated carbocycles. The Bertz CT molecular complexity index is 1220. The second-order valence-corrected chi connectivity index (χ2v) is 10.3. The highest BCUT2D eigenvalue weighted by atomic mass is 32.2. The van der Waals surface area contributed by atoms with E-state index in [1.807, 2.05) is 24.3 Å². The molecule has 9 heteroatoms.